The molecule has 2 rings (SSSR count). The Morgan fingerprint density at radius 1 is 1.36 bits per heavy atom. The molecule has 2 fully saturated rings. The smallest absolute Gasteiger partial charge is 0.215 e. The highest BCUT2D eigenvalue weighted by Crippen LogP contribution is 2.28. The number of hydrogen-bond acceptors (Lipinski definition) is 5. The van der Waals surface area contributed by atoms with Gasteiger partial charge < -0.3 is 15.0 Å². The van der Waals surface area contributed by atoms with Crippen molar-refractivity contribution in [1.29, 1.82) is 0 Å². The molecule has 0 amide bonds. The van der Waals surface area contributed by atoms with Gasteiger partial charge in [-0.3, -0.25) is 4.99 Å². The summed E-state index contributed by atoms with van der Waals surface area (Å²) in [6.45, 7) is 3.87. The van der Waals surface area contributed by atoms with Gasteiger partial charge in [-0.05, 0) is 18.8 Å². The largest absolute Gasteiger partial charge is 0.379 e. The molecule has 0 aromatic rings. The monoisotopic (exact) mass is 506 g/mol. The molecule has 0 aromatic heterocycles. The van der Waals surface area contributed by atoms with Crippen LogP contribution in [0.5, 0.6) is 0 Å². The fourth-order valence-corrected chi connectivity index (χ4v) is 4.96. The Morgan fingerprint density at radius 2 is 2.04 bits per heavy atom. The molecule has 0 radical (unpaired) electrons. The Hall–Kier alpha value is 0.220. The number of halogens is 1. The number of sulfonamides is 1. The summed E-state index contributed by atoms with van der Waals surface area (Å²) < 4.78 is 31.9. The molecule has 0 spiro atoms. The second-order valence-corrected chi connectivity index (χ2v) is 9.55. The molecular formula is C15H31IN4O3S2. The molecule has 148 valence electrons. The van der Waals surface area contributed by atoms with Crippen molar-refractivity contribution < 1.29 is 13.2 Å². The van der Waals surface area contributed by atoms with Crippen LogP contribution in [0, 0.1) is 5.92 Å². The van der Waals surface area contributed by atoms with Gasteiger partial charge in [-0.25, -0.2) is 12.7 Å². The molecule has 1 saturated carbocycles. The van der Waals surface area contributed by atoms with E-state index in [2.05, 4.69) is 10.3 Å². The maximum atomic E-state index is 12.3. The lowest BCUT2D eigenvalue weighted by Gasteiger charge is -2.26. The maximum absolute atomic E-state index is 12.3. The van der Waals surface area contributed by atoms with Gasteiger partial charge in [0.2, 0.25) is 10.0 Å². The summed E-state index contributed by atoms with van der Waals surface area (Å²) in [5, 5.41) is 3.14. The summed E-state index contributed by atoms with van der Waals surface area (Å²) in [6, 6.07) is 0. The van der Waals surface area contributed by atoms with Crippen molar-refractivity contribution >= 4 is 51.7 Å². The first-order chi connectivity index (χ1) is 11.5. The van der Waals surface area contributed by atoms with Crippen LogP contribution < -0.4 is 5.32 Å². The summed E-state index contributed by atoms with van der Waals surface area (Å²) in [7, 11) is 0.468. The zero-order chi connectivity index (χ0) is 17.4. The fraction of sp³-hybridized carbons (Fsp3) is 0.933. The third-order valence-corrected chi connectivity index (χ3v) is 7.02. The lowest BCUT2D eigenvalue weighted by atomic mass is 10.5. The van der Waals surface area contributed by atoms with Crippen molar-refractivity contribution in [1.82, 2.24) is 14.5 Å². The molecule has 0 aromatic carbocycles. The summed E-state index contributed by atoms with van der Waals surface area (Å²) >= 11 is 1.81. The maximum Gasteiger partial charge on any atom is 0.215 e. The van der Waals surface area contributed by atoms with E-state index in [1.165, 1.54) is 12.8 Å². The number of thioether (sulfide) groups is 1. The van der Waals surface area contributed by atoms with Gasteiger partial charge in [0.15, 0.2) is 5.96 Å². The van der Waals surface area contributed by atoms with Crippen LogP contribution in [0.1, 0.15) is 12.8 Å². The van der Waals surface area contributed by atoms with Gasteiger partial charge in [-0.15, -0.1) is 24.0 Å². The zero-order valence-electron chi connectivity index (χ0n) is 15.1. The van der Waals surface area contributed by atoms with Crippen LogP contribution in [-0.4, -0.2) is 94.3 Å². The van der Waals surface area contributed by atoms with Gasteiger partial charge in [-0.2, -0.15) is 11.8 Å². The number of nitrogens with zero attached hydrogens (tertiary/aromatic N) is 3. The van der Waals surface area contributed by atoms with E-state index in [1.54, 1.807) is 23.1 Å². The highest BCUT2D eigenvalue weighted by molar-refractivity contribution is 14.0. The van der Waals surface area contributed by atoms with Crippen LogP contribution >= 0.6 is 35.7 Å². The molecular weight excluding hydrogens is 475 g/mol. The van der Waals surface area contributed by atoms with Crippen LogP contribution in [0.15, 0.2) is 4.99 Å². The predicted octanol–water partition coefficient (Wildman–Crippen LogP) is 0.917. The van der Waals surface area contributed by atoms with Gasteiger partial charge in [0.25, 0.3) is 0 Å². The minimum atomic E-state index is -3.18. The van der Waals surface area contributed by atoms with E-state index in [1.807, 2.05) is 11.9 Å². The molecule has 1 aliphatic heterocycles. The highest BCUT2D eigenvalue weighted by atomic mass is 127. The van der Waals surface area contributed by atoms with E-state index in [9.17, 15) is 8.42 Å². The Labute approximate surface area is 173 Å². The first-order valence-corrected chi connectivity index (χ1v) is 11.3. The Balaban J connectivity index is 0.00000312. The van der Waals surface area contributed by atoms with E-state index in [0.717, 1.165) is 30.6 Å². The predicted molar refractivity (Wildman–Crippen MR) is 116 cm³/mol. The number of likely N-dealkylation sites (N-methyl/N-ethyl adjacent to an activating group) is 1. The fourth-order valence-electron chi connectivity index (χ4n) is 2.47. The zero-order valence-corrected chi connectivity index (χ0v) is 19.1. The molecule has 1 heterocycles. The van der Waals surface area contributed by atoms with Crippen LogP contribution in [-0.2, 0) is 14.8 Å². The first-order valence-electron chi connectivity index (χ1n) is 8.58. The van der Waals surface area contributed by atoms with Gasteiger partial charge >= 0.3 is 0 Å². The molecule has 25 heavy (non-hydrogen) atoms. The minimum absolute atomic E-state index is 0. The molecule has 0 atom stereocenters. The lowest BCUT2D eigenvalue weighted by Crippen LogP contribution is -2.45. The summed E-state index contributed by atoms with van der Waals surface area (Å²) in [5.41, 5.74) is 0. The van der Waals surface area contributed by atoms with Crippen molar-refractivity contribution in [2.45, 2.75) is 12.8 Å². The topological polar surface area (TPSA) is 74.2 Å². The van der Waals surface area contributed by atoms with Crippen molar-refractivity contribution in [3.05, 3.63) is 0 Å². The number of ether oxygens (including phenoxy) is 1. The van der Waals surface area contributed by atoms with Gasteiger partial charge in [-0.1, -0.05) is 0 Å². The minimum Gasteiger partial charge on any atom is -0.379 e. The van der Waals surface area contributed by atoms with E-state index in [4.69, 9.17) is 4.74 Å². The van der Waals surface area contributed by atoms with Crippen LogP contribution in [0.3, 0.4) is 0 Å². The standard InChI is InChI=1S/C15H30N4O3S2.HI/c1-16-15(18(2)6-9-22-13-14-3-4-14)17-5-12-24(20,21)19-7-10-23-11-8-19;/h14H,3-13H2,1-2H3,(H,16,17);1H. The lowest BCUT2D eigenvalue weighted by molar-refractivity contribution is 0.115. The molecule has 7 nitrogen and oxygen atoms in total. The normalized spacial score (nSPS) is 19.4. The third-order valence-electron chi connectivity index (χ3n) is 4.20. The number of nitrogens with one attached hydrogen (secondary N) is 1. The van der Waals surface area contributed by atoms with E-state index in [-0.39, 0.29) is 29.7 Å². The summed E-state index contributed by atoms with van der Waals surface area (Å²) in [6.07, 6.45) is 2.59. The quantitative estimate of drug-likeness (QED) is 0.217. The molecule has 1 saturated heterocycles. The van der Waals surface area contributed by atoms with E-state index < -0.39 is 10.0 Å². The Morgan fingerprint density at radius 3 is 2.64 bits per heavy atom. The van der Waals surface area contributed by atoms with Crippen molar-refractivity contribution in [3.8, 4) is 0 Å². The van der Waals surface area contributed by atoms with Crippen LogP contribution in [0.4, 0.5) is 0 Å². The average Bonchev–Trinajstić information content (AvgIpc) is 3.40. The van der Waals surface area contributed by atoms with Gasteiger partial charge in [0, 0.05) is 58.4 Å². The number of guanidine groups is 1. The SMILES string of the molecule is CN=C(NCCS(=O)(=O)N1CCSCC1)N(C)CCOCC1CC1.I. The molecule has 0 bridgehead atoms. The molecule has 10 heteroatoms. The molecule has 1 aliphatic carbocycles. The van der Waals surface area contributed by atoms with Crippen LogP contribution in [0.25, 0.3) is 0 Å². The molecule has 1 N–H and O–H groups in total. The van der Waals surface area contributed by atoms with Gasteiger partial charge in [0.05, 0.1) is 12.4 Å². The van der Waals surface area contributed by atoms with Crippen molar-refractivity contribution in [3.63, 3.8) is 0 Å². The summed E-state index contributed by atoms with van der Waals surface area (Å²) in [5.74, 6) is 3.35. The second-order valence-electron chi connectivity index (χ2n) is 6.24. The first kappa shape index (κ1) is 23.3. The van der Waals surface area contributed by atoms with E-state index in [0.29, 0.717) is 32.2 Å². The average molecular weight is 506 g/mol. The number of aliphatic imine (C=N–C) groups is 1. The van der Waals surface area contributed by atoms with Crippen LogP contribution in [0.2, 0.25) is 0 Å². The molecule has 0 unspecified atom stereocenters. The Bertz CT molecular complexity index is 509. The van der Waals surface area contributed by atoms with E-state index >= 15 is 0 Å². The molecule has 2 aliphatic rings. The number of rotatable bonds is 9. The summed E-state index contributed by atoms with van der Waals surface area (Å²) in [4.78, 5) is 6.18. The van der Waals surface area contributed by atoms with Gasteiger partial charge in [0.1, 0.15) is 0 Å². The van der Waals surface area contributed by atoms with Crippen molar-refractivity contribution in [2.75, 3.05) is 70.7 Å². The third kappa shape index (κ3) is 8.63. The van der Waals surface area contributed by atoms with Crippen molar-refractivity contribution in [2.24, 2.45) is 10.9 Å². The highest BCUT2D eigenvalue weighted by Gasteiger charge is 2.24. The Kier molecular flexibility index (Phi) is 11.0. The number of hydrogen-bond donors (Lipinski definition) is 1. The second kappa shape index (κ2) is 11.8.